The summed E-state index contributed by atoms with van der Waals surface area (Å²) in [6.07, 6.45) is 0.922. The average molecular weight is 444 g/mol. The number of amides is 2. The molecule has 0 unspecified atom stereocenters. The molecule has 156 valence electrons. The highest BCUT2D eigenvalue weighted by Crippen LogP contribution is 2.22. The first kappa shape index (κ1) is 21.9. The first-order valence-corrected chi connectivity index (χ1v) is 10.8. The number of aromatic nitrogens is 3. The van der Waals surface area contributed by atoms with Crippen molar-refractivity contribution in [1.29, 1.82) is 0 Å². The first-order chi connectivity index (χ1) is 14.5. The van der Waals surface area contributed by atoms with Crippen LogP contribution in [0.2, 0.25) is 5.02 Å². The zero-order chi connectivity index (χ0) is 21.5. The van der Waals surface area contributed by atoms with Crippen LogP contribution in [-0.2, 0) is 29.5 Å². The number of nitrogens with one attached hydrogen (secondary N) is 2. The summed E-state index contributed by atoms with van der Waals surface area (Å²) in [5, 5.41) is 14.9. The topological polar surface area (TPSA) is 88.9 Å². The number of carbonyl (C=O) groups excluding carboxylic acids is 2. The van der Waals surface area contributed by atoms with Crippen molar-refractivity contribution in [3.63, 3.8) is 0 Å². The van der Waals surface area contributed by atoms with Gasteiger partial charge >= 0.3 is 0 Å². The molecule has 3 aromatic rings. The van der Waals surface area contributed by atoms with E-state index >= 15 is 0 Å². The van der Waals surface area contributed by atoms with E-state index in [0.717, 1.165) is 17.7 Å². The van der Waals surface area contributed by atoms with E-state index in [1.807, 2.05) is 31.2 Å². The molecular weight excluding hydrogens is 422 g/mol. The van der Waals surface area contributed by atoms with Crippen LogP contribution in [0, 0.1) is 0 Å². The lowest BCUT2D eigenvalue weighted by atomic mass is 10.1. The monoisotopic (exact) mass is 443 g/mol. The van der Waals surface area contributed by atoms with Crippen LogP contribution in [0.5, 0.6) is 0 Å². The third kappa shape index (κ3) is 5.61. The van der Waals surface area contributed by atoms with E-state index in [2.05, 4.69) is 20.8 Å². The molecule has 0 aliphatic rings. The molecule has 2 N–H and O–H groups in total. The molecule has 2 aromatic carbocycles. The van der Waals surface area contributed by atoms with Gasteiger partial charge in [-0.2, -0.15) is 0 Å². The van der Waals surface area contributed by atoms with Crippen molar-refractivity contribution in [2.24, 2.45) is 7.05 Å². The molecule has 0 aliphatic heterocycles. The molecule has 2 amide bonds. The van der Waals surface area contributed by atoms with Gasteiger partial charge in [0.05, 0.1) is 22.9 Å². The van der Waals surface area contributed by atoms with Gasteiger partial charge in [-0.3, -0.25) is 9.59 Å². The fraction of sp³-hybridized carbons (Fsp3) is 0.238. The quantitative estimate of drug-likeness (QED) is 0.515. The largest absolute Gasteiger partial charge is 0.325 e. The molecule has 1 aromatic heterocycles. The average Bonchev–Trinajstić information content (AvgIpc) is 3.08. The summed E-state index contributed by atoms with van der Waals surface area (Å²) in [6.45, 7) is 2.04. The van der Waals surface area contributed by atoms with Crippen molar-refractivity contribution in [2.45, 2.75) is 24.9 Å². The van der Waals surface area contributed by atoms with Crippen molar-refractivity contribution in [3.8, 4) is 0 Å². The molecule has 0 saturated carbocycles. The molecule has 0 atom stereocenters. The van der Waals surface area contributed by atoms with E-state index in [4.69, 9.17) is 11.6 Å². The number of carbonyl (C=O) groups is 2. The Morgan fingerprint density at radius 1 is 1.00 bits per heavy atom. The number of nitrogens with zero attached hydrogens (tertiary/aromatic N) is 3. The predicted molar refractivity (Wildman–Crippen MR) is 120 cm³/mol. The number of anilines is 2. The van der Waals surface area contributed by atoms with E-state index in [1.165, 1.54) is 11.8 Å². The minimum atomic E-state index is -0.202. The zero-order valence-electron chi connectivity index (χ0n) is 16.7. The molecule has 0 saturated heterocycles. The highest BCUT2D eigenvalue weighted by Gasteiger charge is 2.15. The second kappa shape index (κ2) is 10.3. The molecule has 9 heteroatoms. The van der Waals surface area contributed by atoms with E-state index < -0.39 is 0 Å². The Bertz CT molecular complexity index is 1050. The molecule has 1 heterocycles. The maximum Gasteiger partial charge on any atom is 0.234 e. The van der Waals surface area contributed by atoms with Crippen LogP contribution in [0.3, 0.4) is 0 Å². The SMILES string of the molecule is CCc1ccccc1NC(=O)Cc1nnc(SCC(=O)Nc2ccccc2Cl)n1C. The number of para-hydroxylation sites is 2. The smallest absolute Gasteiger partial charge is 0.234 e. The molecule has 0 aliphatic carbocycles. The Morgan fingerprint density at radius 3 is 2.40 bits per heavy atom. The molecule has 0 bridgehead atoms. The van der Waals surface area contributed by atoms with Crippen LogP contribution in [0.25, 0.3) is 0 Å². The number of hydrogen-bond donors (Lipinski definition) is 2. The summed E-state index contributed by atoms with van der Waals surface area (Å²) in [7, 11) is 1.77. The Labute approximate surface area is 184 Å². The number of halogens is 1. The maximum atomic E-state index is 12.4. The normalized spacial score (nSPS) is 10.6. The summed E-state index contributed by atoms with van der Waals surface area (Å²) in [6, 6.07) is 14.7. The Balaban J connectivity index is 1.56. The standard InChI is InChI=1S/C21H22ClN5O2S/c1-3-14-8-4-6-10-16(14)23-19(28)12-18-25-26-21(27(18)2)30-13-20(29)24-17-11-7-5-9-15(17)22/h4-11H,3,12-13H2,1-2H3,(H,23,28)(H,24,29). The summed E-state index contributed by atoms with van der Waals surface area (Å²) in [5.74, 6) is 0.300. The van der Waals surface area contributed by atoms with E-state index in [9.17, 15) is 9.59 Å². The van der Waals surface area contributed by atoms with E-state index in [-0.39, 0.29) is 24.0 Å². The van der Waals surface area contributed by atoms with Gasteiger partial charge in [0.2, 0.25) is 11.8 Å². The number of benzene rings is 2. The summed E-state index contributed by atoms with van der Waals surface area (Å²) in [5.41, 5.74) is 2.44. The van der Waals surface area contributed by atoms with Gasteiger partial charge in [-0.15, -0.1) is 10.2 Å². The zero-order valence-corrected chi connectivity index (χ0v) is 18.3. The van der Waals surface area contributed by atoms with Gasteiger partial charge in [0.1, 0.15) is 5.82 Å². The highest BCUT2D eigenvalue weighted by molar-refractivity contribution is 7.99. The van der Waals surface area contributed by atoms with Gasteiger partial charge in [-0.25, -0.2) is 0 Å². The van der Waals surface area contributed by atoms with Crippen LogP contribution in [-0.4, -0.2) is 32.3 Å². The van der Waals surface area contributed by atoms with E-state index in [0.29, 0.717) is 21.7 Å². The maximum absolute atomic E-state index is 12.4. The second-order valence-electron chi connectivity index (χ2n) is 6.51. The fourth-order valence-corrected chi connectivity index (χ4v) is 3.71. The number of hydrogen-bond acceptors (Lipinski definition) is 5. The van der Waals surface area contributed by atoms with Crippen molar-refractivity contribution < 1.29 is 9.59 Å². The highest BCUT2D eigenvalue weighted by atomic mass is 35.5. The Kier molecular flexibility index (Phi) is 7.48. The summed E-state index contributed by atoms with van der Waals surface area (Å²) < 4.78 is 1.72. The van der Waals surface area contributed by atoms with Crippen LogP contribution >= 0.6 is 23.4 Å². The van der Waals surface area contributed by atoms with Gasteiger partial charge in [0.25, 0.3) is 0 Å². The van der Waals surface area contributed by atoms with Gasteiger partial charge in [-0.1, -0.05) is 60.6 Å². The summed E-state index contributed by atoms with van der Waals surface area (Å²) in [4.78, 5) is 24.6. The fourth-order valence-electron chi connectivity index (χ4n) is 2.79. The van der Waals surface area contributed by atoms with Gasteiger partial charge < -0.3 is 15.2 Å². The van der Waals surface area contributed by atoms with Gasteiger partial charge in [-0.05, 0) is 30.2 Å². The van der Waals surface area contributed by atoms with Crippen LogP contribution in [0.15, 0.2) is 53.7 Å². The third-order valence-corrected chi connectivity index (χ3v) is 5.75. The van der Waals surface area contributed by atoms with Gasteiger partial charge in [0, 0.05) is 12.7 Å². The second-order valence-corrected chi connectivity index (χ2v) is 7.86. The molecule has 0 radical (unpaired) electrons. The number of aryl methyl sites for hydroxylation is 1. The van der Waals surface area contributed by atoms with Crippen LogP contribution in [0.4, 0.5) is 11.4 Å². The third-order valence-electron chi connectivity index (χ3n) is 4.40. The van der Waals surface area contributed by atoms with Gasteiger partial charge in [0.15, 0.2) is 5.16 Å². The first-order valence-electron chi connectivity index (χ1n) is 9.41. The van der Waals surface area contributed by atoms with Crippen LogP contribution in [0.1, 0.15) is 18.3 Å². The molecular formula is C21H22ClN5O2S. The molecule has 0 fully saturated rings. The van der Waals surface area contributed by atoms with Crippen molar-refractivity contribution >= 4 is 46.6 Å². The Morgan fingerprint density at radius 2 is 1.67 bits per heavy atom. The number of rotatable bonds is 8. The lowest BCUT2D eigenvalue weighted by Gasteiger charge is -2.09. The van der Waals surface area contributed by atoms with Crippen molar-refractivity contribution in [2.75, 3.05) is 16.4 Å². The van der Waals surface area contributed by atoms with Crippen LogP contribution < -0.4 is 10.6 Å². The molecule has 0 spiro atoms. The minimum absolute atomic E-state index is 0.0912. The van der Waals surface area contributed by atoms with E-state index in [1.54, 1.807) is 35.9 Å². The molecule has 3 rings (SSSR count). The lowest BCUT2D eigenvalue weighted by molar-refractivity contribution is -0.116. The lowest BCUT2D eigenvalue weighted by Crippen LogP contribution is -2.18. The Hall–Kier alpha value is -2.84. The minimum Gasteiger partial charge on any atom is -0.325 e. The predicted octanol–water partition coefficient (Wildman–Crippen LogP) is 3.94. The molecule has 30 heavy (non-hydrogen) atoms. The summed E-state index contributed by atoms with van der Waals surface area (Å²) >= 11 is 7.29. The molecule has 7 nitrogen and oxygen atoms in total. The van der Waals surface area contributed by atoms with Crippen molar-refractivity contribution in [3.05, 3.63) is 64.9 Å². The van der Waals surface area contributed by atoms with Crippen molar-refractivity contribution in [1.82, 2.24) is 14.8 Å². The number of thioether (sulfide) groups is 1.